The van der Waals surface area contributed by atoms with Gasteiger partial charge in [-0.2, -0.15) is 0 Å². The zero-order valence-electron chi connectivity index (χ0n) is 16.9. The molecule has 0 saturated heterocycles. The van der Waals surface area contributed by atoms with Crippen molar-refractivity contribution in [1.29, 1.82) is 0 Å². The third-order valence-corrected chi connectivity index (χ3v) is 8.49. The van der Waals surface area contributed by atoms with E-state index in [4.69, 9.17) is 10.1 Å². The average molecular weight is 435 g/mol. The highest BCUT2D eigenvalue weighted by Gasteiger charge is 2.27. The lowest BCUT2D eigenvalue weighted by molar-refractivity contribution is 0.0783. The number of urea groups is 1. The van der Waals surface area contributed by atoms with Crippen molar-refractivity contribution < 1.29 is 14.1 Å². The Balaban J connectivity index is 1.67. The maximum absolute atomic E-state index is 13.0. The summed E-state index contributed by atoms with van der Waals surface area (Å²) < 4.78 is 17.1. The van der Waals surface area contributed by atoms with Gasteiger partial charge in [-0.25, -0.2) is 14.1 Å². The summed E-state index contributed by atoms with van der Waals surface area (Å²) in [6.07, 6.45) is 5.64. The van der Waals surface area contributed by atoms with E-state index in [2.05, 4.69) is 9.68 Å². The van der Waals surface area contributed by atoms with Crippen LogP contribution in [0.25, 0.3) is 0 Å². The molecule has 0 radical (unpaired) electrons. The van der Waals surface area contributed by atoms with E-state index in [1.165, 1.54) is 11.3 Å². The number of hydrogen-bond acceptors (Lipinski definition) is 5. The van der Waals surface area contributed by atoms with Gasteiger partial charge in [0.2, 0.25) is 0 Å². The van der Waals surface area contributed by atoms with Crippen LogP contribution in [0.1, 0.15) is 59.6 Å². The second-order valence-corrected chi connectivity index (χ2v) is 11.5. The summed E-state index contributed by atoms with van der Waals surface area (Å²) in [5, 5.41) is 19.1. The molecule has 4 rings (SSSR count). The first-order valence-electron chi connectivity index (χ1n) is 9.79. The van der Waals surface area contributed by atoms with Crippen molar-refractivity contribution in [3.8, 4) is 0 Å². The van der Waals surface area contributed by atoms with Gasteiger partial charge in [0.15, 0.2) is 9.92 Å². The molecular weight excluding hydrogens is 408 g/mol. The van der Waals surface area contributed by atoms with Crippen molar-refractivity contribution in [3.05, 3.63) is 39.0 Å². The van der Waals surface area contributed by atoms with Gasteiger partial charge < -0.3 is 10.4 Å². The standard InChI is InChI=1S/C20H26N4O3S2/c1-11-14(20(2,3)26)10-17(28-11)29(21,27)24-19(25)23-18-12-6-4-8-15(12)22-16-9-5-7-13(16)18/h10,26H,4-9H2,1-3H3,(H3,21,22,23,24,25,27)/t29-/m0/s1. The van der Waals surface area contributed by atoms with Crippen LogP contribution in [0.4, 0.5) is 10.5 Å². The van der Waals surface area contributed by atoms with Gasteiger partial charge in [-0.3, -0.25) is 4.98 Å². The van der Waals surface area contributed by atoms with Crippen molar-refractivity contribution in [2.75, 3.05) is 5.32 Å². The number of aromatic nitrogens is 1. The van der Waals surface area contributed by atoms with Crippen LogP contribution in [-0.2, 0) is 41.2 Å². The lowest BCUT2D eigenvalue weighted by Crippen LogP contribution is -2.19. The molecule has 7 nitrogen and oxygen atoms in total. The fourth-order valence-corrected chi connectivity index (χ4v) is 6.77. The van der Waals surface area contributed by atoms with Gasteiger partial charge in [0.1, 0.15) is 4.21 Å². The normalized spacial score (nSPS) is 17.6. The highest BCUT2D eigenvalue weighted by molar-refractivity contribution is 7.93. The summed E-state index contributed by atoms with van der Waals surface area (Å²) in [4.78, 5) is 18.3. The molecule has 1 atom stereocenters. The summed E-state index contributed by atoms with van der Waals surface area (Å²) in [6, 6.07) is 0.879. The summed E-state index contributed by atoms with van der Waals surface area (Å²) in [7, 11) is -3.41. The minimum Gasteiger partial charge on any atom is -0.386 e. The Morgan fingerprint density at radius 1 is 1.24 bits per heavy atom. The number of carbonyl (C=O) groups is 1. The van der Waals surface area contributed by atoms with E-state index >= 15 is 0 Å². The van der Waals surface area contributed by atoms with Crippen molar-refractivity contribution in [2.24, 2.45) is 9.50 Å². The number of anilines is 1. The molecule has 0 aliphatic heterocycles. The number of fused-ring (bicyclic) bond motifs is 2. The predicted molar refractivity (Wildman–Crippen MR) is 115 cm³/mol. The maximum atomic E-state index is 13.0. The number of hydrogen-bond donors (Lipinski definition) is 3. The van der Waals surface area contributed by atoms with E-state index in [-0.39, 0.29) is 4.21 Å². The quantitative estimate of drug-likeness (QED) is 0.684. The summed E-state index contributed by atoms with van der Waals surface area (Å²) >= 11 is 1.19. The predicted octanol–water partition coefficient (Wildman–Crippen LogP) is 3.59. The molecule has 2 aromatic rings. The molecule has 2 aliphatic carbocycles. The SMILES string of the molecule is Cc1sc([S@@](N)(=O)=NC(=O)Nc2c3c(nc4c2CCC4)CCC3)cc1C(C)(C)O. The number of carbonyl (C=O) groups excluding carboxylic acids is 1. The molecule has 0 bridgehead atoms. The Morgan fingerprint density at radius 2 is 1.83 bits per heavy atom. The van der Waals surface area contributed by atoms with Gasteiger partial charge in [-0.15, -0.1) is 15.7 Å². The van der Waals surface area contributed by atoms with Gasteiger partial charge in [0, 0.05) is 16.3 Å². The van der Waals surface area contributed by atoms with Crippen LogP contribution >= 0.6 is 11.3 Å². The molecule has 4 N–H and O–H groups in total. The van der Waals surface area contributed by atoms with Crippen LogP contribution < -0.4 is 10.5 Å². The molecule has 156 valence electrons. The van der Waals surface area contributed by atoms with Gasteiger partial charge in [-0.05, 0) is 82.1 Å². The van der Waals surface area contributed by atoms with Crippen LogP contribution in [-0.4, -0.2) is 20.3 Å². The van der Waals surface area contributed by atoms with Gasteiger partial charge in [0.05, 0.1) is 11.3 Å². The molecular formula is C20H26N4O3S2. The molecule has 0 saturated carbocycles. The Hall–Kier alpha value is -1.81. The van der Waals surface area contributed by atoms with E-state index in [9.17, 15) is 14.1 Å². The van der Waals surface area contributed by atoms with E-state index in [0.717, 1.165) is 71.6 Å². The molecule has 2 aromatic heterocycles. The first kappa shape index (κ1) is 20.5. The molecule has 0 fully saturated rings. The number of amides is 2. The molecule has 0 unspecified atom stereocenters. The summed E-state index contributed by atoms with van der Waals surface area (Å²) in [6.45, 7) is 5.12. The smallest absolute Gasteiger partial charge is 0.354 e. The van der Waals surface area contributed by atoms with E-state index in [1.54, 1.807) is 19.9 Å². The van der Waals surface area contributed by atoms with Crippen molar-refractivity contribution in [1.82, 2.24) is 4.98 Å². The molecule has 2 aliphatic rings. The lowest BCUT2D eigenvalue weighted by Gasteiger charge is -2.16. The van der Waals surface area contributed by atoms with Crippen LogP contribution in [0.5, 0.6) is 0 Å². The topological polar surface area (TPSA) is 118 Å². The number of aliphatic hydroxyl groups is 1. The Morgan fingerprint density at radius 3 is 2.34 bits per heavy atom. The molecule has 29 heavy (non-hydrogen) atoms. The first-order valence-corrected chi connectivity index (χ1v) is 12.2. The van der Waals surface area contributed by atoms with Crippen LogP contribution in [0, 0.1) is 6.92 Å². The van der Waals surface area contributed by atoms with Crippen LogP contribution in [0.15, 0.2) is 14.6 Å². The molecule has 0 aromatic carbocycles. The third-order valence-electron chi connectivity index (χ3n) is 5.54. The molecule has 2 heterocycles. The monoisotopic (exact) mass is 434 g/mol. The molecule has 0 spiro atoms. The fourth-order valence-electron chi connectivity index (χ4n) is 4.24. The zero-order chi connectivity index (χ0) is 21.0. The highest BCUT2D eigenvalue weighted by Crippen LogP contribution is 2.37. The minimum atomic E-state index is -3.41. The Labute approximate surface area is 175 Å². The third kappa shape index (κ3) is 3.84. The van der Waals surface area contributed by atoms with Crippen LogP contribution in [0.3, 0.4) is 0 Å². The Bertz CT molecular complexity index is 1090. The van der Waals surface area contributed by atoms with Crippen molar-refractivity contribution in [2.45, 2.75) is 69.1 Å². The summed E-state index contributed by atoms with van der Waals surface area (Å²) in [5.74, 6) is 0. The van der Waals surface area contributed by atoms with Crippen molar-refractivity contribution in [3.63, 3.8) is 0 Å². The number of thiophene rings is 1. The first-order chi connectivity index (χ1) is 13.6. The van der Waals surface area contributed by atoms with E-state index < -0.39 is 21.5 Å². The number of pyridine rings is 1. The molecule has 2 amide bonds. The van der Waals surface area contributed by atoms with Crippen molar-refractivity contribution >= 4 is 33.0 Å². The fraction of sp³-hybridized carbons (Fsp3) is 0.500. The second kappa shape index (κ2) is 7.16. The van der Waals surface area contributed by atoms with E-state index in [0.29, 0.717) is 5.56 Å². The number of nitrogens with zero attached hydrogens (tertiary/aromatic N) is 2. The highest BCUT2D eigenvalue weighted by atomic mass is 32.2. The Kier molecular flexibility index (Phi) is 5.05. The van der Waals surface area contributed by atoms with E-state index in [1.807, 2.05) is 6.92 Å². The second-order valence-electron chi connectivity index (χ2n) is 8.23. The van der Waals surface area contributed by atoms with Gasteiger partial charge >= 0.3 is 6.03 Å². The largest absolute Gasteiger partial charge is 0.386 e. The minimum absolute atomic E-state index is 0.285. The number of nitrogens with one attached hydrogen (secondary N) is 1. The van der Waals surface area contributed by atoms with Gasteiger partial charge in [0.25, 0.3) is 0 Å². The van der Waals surface area contributed by atoms with Crippen LogP contribution in [0.2, 0.25) is 0 Å². The number of nitrogens with two attached hydrogens (primary N) is 1. The average Bonchev–Trinajstić information content (AvgIpc) is 3.31. The zero-order valence-corrected chi connectivity index (χ0v) is 18.5. The lowest BCUT2D eigenvalue weighted by atomic mass is 10.00. The number of rotatable bonds is 3. The number of aryl methyl sites for hydroxylation is 3. The maximum Gasteiger partial charge on any atom is 0.354 e. The molecule has 9 heteroatoms. The van der Waals surface area contributed by atoms with Gasteiger partial charge in [-0.1, -0.05) is 0 Å². The summed E-state index contributed by atoms with van der Waals surface area (Å²) in [5.41, 5.74) is 4.60.